The minimum atomic E-state index is -0.0405. The fraction of sp³-hybridized carbons (Fsp3) is 0.375. The molecule has 4 rings (SSSR count). The van der Waals surface area contributed by atoms with Gasteiger partial charge in [-0.05, 0) is 67.5 Å². The quantitative estimate of drug-likeness (QED) is 0.411. The van der Waals surface area contributed by atoms with E-state index in [1.807, 2.05) is 31.2 Å². The lowest BCUT2D eigenvalue weighted by atomic mass is 10.0. The molecule has 0 saturated carbocycles. The van der Waals surface area contributed by atoms with Crippen LogP contribution in [-0.2, 0) is 28.9 Å². The van der Waals surface area contributed by atoms with Gasteiger partial charge in [0.1, 0.15) is 11.5 Å². The molecule has 0 spiro atoms. The second-order valence-electron chi connectivity index (χ2n) is 10.2. The first-order valence-electron chi connectivity index (χ1n) is 13.5. The number of rotatable bonds is 10. The van der Waals surface area contributed by atoms with Crippen molar-refractivity contribution in [3.05, 3.63) is 94.5 Å². The van der Waals surface area contributed by atoms with Crippen LogP contribution in [0.5, 0.6) is 11.5 Å². The maximum atomic E-state index is 13.4. The fourth-order valence-corrected chi connectivity index (χ4v) is 5.00. The van der Waals surface area contributed by atoms with E-state index in [4.69, 9.17) is 4.74 Å². The van der Waals surface area contributed by atoms with Crippen molar-refractivity contribution in [2.75, 3.05) is 26.2 Å². The van der Waals surface area contributed by atoms with Crippen molar-refractivity contribution in [1.29, 1.82) is 0 Å². The molecule has 0 bridgehead atoms. The summed E-state index contributed by atoms with van der Waals surface area (Å²) >= 11 is 0. The summed E-state index contributed by atoms with van der Waals surface area (Å²) in [5.74, 6) is 1.71. The van der Waals surface area contributed by atoms with Crippen molar-refractivity contribution in [1.82, 2.24) is 15.5 Å². The van der Waals surface area contributed by atoms with E-state index < -0.39 is 0 Å². The van der Waals surface area contributed by atoms with Crippen molar-refractivity contribution in [3.8, 4) is 11.5 Å². The van der Waals surface area contributed by atoms with Crippen LogP contribution >= 0.6 is 0 Å². The maximum Gasteiger partial charge on any atom is 0.223 e. The molecule has 6 nitrogen and oxygen atoms in total. The molecule has 3 aromatic carbocycles. The van der Waals surface area contributed by atoms with Gasteiger partial charge in [-0.1, -0.05) is 60.2 Å². The lowest BCUT2D eigenvalue weighted by Crippen LogP contribution is -2.54. The third-order valence-corrected chi connectivity index (χ3v) is 7.02. The normalized spacial score (nSPS) is 15.2. The van der Waals surface area contributed by atoms with Gasteiger partial charge in [-0.15, -0.1) is 0 Å². The van der Waals surface area contributed by atoms with Crippen LogP contribution in [-0.4, -0.2) is 48.9 Å². The number of nitrogens with one attached hydrogen (secondary N) is 2. The van der Waals surface area contributed by atoms with Gasteiger partial charge in [0.25, 0.3) is 0 Å². The van der Waals surface area contributed by atoms with Gasteiger partial charge in [-0.2, -0.15) is 0 Å². The second-order valence-corrected chi connectivity index (χ2v) is 10.2. The Morgan fingerprint density at radius 1 is 0.947 bits per heavy atom. The van der Waals surface area contributed by atoms with Gasteiger partial charge in [0, 0.05) is 45.6 Å². The predicted molar refractivity (Wildman–Crippen MR) is 152 cm³/mol. The van der Waals surface area contributed by atoms with Crippen molar-refractivity contribution < 1.29 is 14.3 Å². The van der Waals surface area contributed by atoms with Crippen LogP contribution in [0.2, 0.25) is 0 Å². The molecule has 6 heteroatoms. The molecular formula is C32H39N3O3. The highest BCUT2D eigenvalue weighted by molar-refractivity contribution is 5.77. The summed E-state index contributed by atoms with van der Waals surface area (Å²) in [4.78, 5) is 26.8. The Morgan fingerprint density at radius 3 is 2.50 bits per heavy atom. The number of carbonyl (C=O) groups excluding carboxylic acids is 2. The number of ether oxygens (including phenoxy) is 1. The Kier molecular flexibility index (Phi) is 9.55. The highest BCUT2D eigenvalue weighted by atomic mass is 16.5. The highest BCUT2D eigenvalue weighted by Crippen LogP contribution is 2.31. The highest BCUT2D eigenvalue weighted by Gasteiger charge is 2.26. The smallest absolute Gasteiger partial charge is 0.223 e. The predicted octanol–water partition coefficient (Wildman–Crippen LogP) is 4.75. The largest absolute Gasteiger partial charge is 0.457 e. The van der Waals surface area contributed by atoms with Gasteiger partial charge in [-0.3, -0.25) is 9.59 Å². The van der Waals surface area contributed by atoms with Crippen LogP contribution in [0.4, 0.5) is 0 Å². The average molecular weight is 514 g/mol. The number of benzene rings is 3. The molecule has 1 heterocycles. The minimum Gasteiger partial charge on any atom is -0.457 e. The van der Waals surface area contributed by atoms with E-state index in [1.165, 1.54) is 12.5 Å². The molecule has 3 aromatic rings. The van der Waals surface area contributed by atoms with Gasteiger partial charge in [0.2, 0.25) is 11.8 Å². The van der Waals surface area contributed by atoms with Gasteiger partial charge < -0.3 is 20.3 Å². The number of piperazine rings is 1. The van der Waals surface area contributed by atoms with E-state index in [9.17, 15) is 9.59 Å². The van der Waals surface area contributed by atoms with Gasteiger partial charge in [-0.25, -0.2) is 0 Å². The molecule has 1 aliphatic heterocycles. The molecule has 1 atom stereocenters. The molecule has 1 saturated heterocycles. The van der Waals surface area contributed by atoms with Crippen LogP contribution in [0.1, 0.15) is 41.2 Å². The number of carbonyl (C=O) groups is 2. The van der Waals surface area contributed by atoms with E-state index in [2.05, 4.69) is 64.9 Å². The topological polar surface area (TPSA) is 70.7 Å². The lowest BCUT2D eigenvalue weighted by molar-refractivity contribution is -0.134. The van der Waals surface area contributed by atoms with Crippen molar-refractivity contribution >= 4 is 11.8 Å². The Morgan fingerprint density at radius 2 is 1.71 bits per heavy atom. The standard InChI is InChI=1S/C32H39N3O3/c1-23-10-13-30(28(19-23)15-16-34-25(3)36)38-31-20-24(2)9-11-27(31)12-14-32(37)35-18-17-33-22-29(35)21-26-7-5-4-6-8-26/h4-11,13,19-20,29,33H,12,14-18,21-22H2,1-3H3,(H,34,36). The summed E-state index contributed by atoms with van der Waals surface area (Å²) in [6.07, 6.45) is 2.59. The first-order valence-corrected chi connectivity index (χ1v) is 13.5. The molecule has 1 unspecified atom stereocenters. The molecule has 0 aliphatic carbocycles. The third kappa shape index (κ3) is 7.68. The molecule has 0 radical (unpaired) electrons. The van der Waals surface area contributed by atoms with Crippen LogP contribution in [0.15, 0.2) is 66.7 Å². The van der Waals surface area contributed by atoms with Gasteiger partial charge >= 0.3 is 0 Å². The number of nitrogens with zero attached hydrogens (tertiary/aromatic N) is 1. The second kappa shape index (κ2) is 13.2. The molecule has 38 heavy (non-hydrogen) atoms. The first-order chi connectivity index (χ1) is 18.4. The molecule has 1 aliphatic rings. The van der Waals surface area contributed by atoms with E-state index >= 15 is 0 Å². The lowest BCUT2D eigenvalue weighted by Gasteiger charge is -2.36. The number of aryl methyl sites for hydroxylation is 3. The van der Waals surface area contributed by atoms with Gasteiger partial charge in [0.05, 0.1) is 0 Å². The first kappa shape index (κ1) is 27.4. The summed E-state index contributed by atoms with van der Waals surface area (Å²) in [5.41, 5.74) is 5.57. The molecule has 2 N–H and O–H groups in total. The van der Waals surface area contributed by atoms with Crippen molar-refractivity contribution in [2.45, 2.75) is 52.5 Å². The minimum absolute atomic E-state index is 0.0405. The molecule has 1 fully saturated rings. The van der Waals surface area contributed by atoms with E-state index in [0.717, 1.165) is 59.8 Å². The Balaban J connectivity index is 1.45. The van der Waals surface area contributed by atoms with E-state index in [0.29, 0.717) is 25.8 Å². The Hall–Kier alpha value is -3.64. The zero-order valence-electron chi connectivity index (χ0n) is 22.8. The number of amides is 2. The molecule has 200 valence electrons. The number of hydrogen-bond donors (Lipinski definition) is 2. The van der Waals surface area contributed by atoms with E-state index in [-0.39, 0.29) is 17.9 Å². The van der Waals surface area contributed by atoms with E-state index in [1.54, 1.807) is 0 Å². The van der Waals surface area contributed by atoms with Crippen LogP contribution in [0.3, 0.4) is 0 Å². The zero-order valence-corrected chi connectivity index (χ0v) is 22.8. The third-order valence-electron chi connectivity index (χ3n) is 7.02. The SMILES string of the molecule is CC(=O)NCCc1cc(C)ccc1Oc1cc(C)ccc1CCC(=O)N1CCNCC1Cc1ccccc1. The molecule has 0 aromatic heterocycles. The van der Waals surface area contributed by atoms with Crippen molar-refractivity contribution in [2.24, 2.45) is 0 Å². The van der Waals surface area contributed by atoms with Gasteiger partial charge in [0.15, 0.2) is 0 Å². The molecular weight excluding hydrogens is 474 g/mol. The average Bonchev–Trinajstić information content (AvgIpc) is 2.90. The van der Waals surface area contributed by atoms with Crippen LogP contribution in [0.25, 0.3) is 0 Å². The molecule has 2 amide bonds. The maximum absolute atomic E-state index is 13.4. The summed E-state index contributed by atoms with van der Waals surface area (Å²) in [6.45, 7) is 8.55. The monoisotopic (exact) mass is 513 g/mol. The van der Waals surface area contributed by atoms with Crippen molar-refractivity contribution in [3.63, 3.8) is 0 Å². The summed E-state index contributed by atoms with van der Waals surface area (Å²) in [7, 11) is 0. The van der Waals surface area contributed by atoms with Crippen LogP contribution < -0.4 is 15.4 Å². The fourth-order valence-electron chi connectivity index (χ4n) is 5.00. The summed E-state index contributed by atoms with van der Waals surface area (Å²) in [5, 5.41) is 6.32. The summed E-state index contributed by atoms with van der Waals surface area (Å²) in [6, 6.07) is 22.9. The Labute approximate surface area is 226 Å². The summed E-state index contributed by atoms with van der Waals surface area (Å²) < 4.78 is 6.46. The number of hydrogen-bond acceptors (Lipinski definition) is 4. The Bertz CT molecular complexity index is 1240. The zero-order chi connectivity index (χ0) is 26.9. The van der Waals surface area contributed by atoms with Crippen LogP contribution in [0, 0.1) is 13.8 Å².